The molecule has 1 rings (SSSR count). The third-order valence-corrected chi connectivity index (χ3v) is 3.42. The molecule has 1 fully saturated rings. The minimum atomic E-state index is -0.878. The number of aliphatic carboxylic acids is 1. The first-order valence-corrected chi connectivity index (χ1v) is 6.49. The van der Waals surface area contributed by atoms with Gasteiger partial charge in [-0.3, -0.25) is 4.79 Å². The summed E-state index contributed by atoms with van der Waals surface area (Å²) in [7, 11) is 2.06. The summed E-state index contributed by atoms with van der Waals surface area (Å²) < 4.78 is 0. The summed E-state index contributed by atoms with van der Waals surface area (Å²) in [5.74, 6) is -0.878. The second kappa shape index (κ2) is 7.20. The van der Waals surface area contributed by atoms with Gasteiger partial charge in [-0.2, -0.15) is 0 Å². The predicted molar refractivity (Wildman–Crippen MR) is 68.6 cm³/mol. The van der Waals surface area contributed by atoms with Crippen LogP contribution in [0, 0.1) is 0 Å². The molecule has 0 aromatic rings. The van der Waals surface area contributed by atoms with Crippen LogP contribution in [0.15, 0.2) is 0 Å². The maximum Gasteiger partial charge on any atom is 0.317 e. The first-order chi connectivity index (χ1) is 8.54. The number of rotatable bonds is 6. The maximum absolute atomic E-state index is 11.9. The van der Waals surface area contributed by atoms with Gasteiger partial charge in [0.25, 0.3) is 0 Å². The highest BCUT2D eigenvalue weighted by atomic mass is 16.4. The first kappa shape index (κ1) is 14.8. The number of nitrogens with zero attached hydrogens (tertiary/aromatic N) is 2. The van der Waals surface area contributed by atoms with Crippen LogP contribution in [0.2, 0.25) is 0 Å². The molecule has 0 aliphatic carbocycles. The summed E-state index contributed by atoms with van der Waals surface area (Å²) in [6.07, 6.45) is 2.27. The molecule has 0 aromatic carbocycles. The van der Waals surface area contributed by atoms with Gasteiger partial charge in [-0.15, -0.1) is 0 Å². The number of carbonyl (C=O) groups is 2. The van der Waals surface area contributed by atoms with Crippen molar-refractivity contribution in [3.8, 4) is 0 Å². The zero-order valence-corrected chi connectivity index (χ0v) is 11.2. The van der Waals surface area contributed by atoms with E-state index in [9.17, 15) is 9.59 Å². The maximum atomic E-state index is 11.9. The molecule has 0 spiro atoms. The lowest BCUT2D eigenvalue weighted by molar-refractivity contribution is -0.137. The molecule has 2 N–H and O–H groups in total. The molecule has 18 heavy (non-hydrogen) atoms. The molecule has 2 amide bonds. The van der Waals surface area contributed by atoms with Crippen LogP contribution in [0.1, 0.15) is 26.2 Å². The van der Waals surface area contributed by atoms with E-state index in [1.54, 1.807) is 0 Å². The van der Waals surface area contributed by atoms with E-state index < -0.39 is 5.97 Å². The summed E-state index contributed by atoms with van der Waals surface area (Å²) in [5.41, 5.74) is 0. The van der Waals surface area contributed by atoms with Gasteiger partial charge in [-0.1, -0.05) is 0 Å². The number of hydrogen-bond acceptors (Lipinski definition) is 3. The molecule has 1 atom stereocenters. The number of urea groups is 1. The quantitative estimate of drug-likeness (QED) is 0.730. The van der Waals surface area contributed by atoms with E-state index in [4.69, 9.17) is 5.11 Å². The van der Waals surface area contributed by atoms with Gasteiger partial charge in [-0.25, -0.2) is 4.79 Å². The molecule has 1 unspecified atom stereocenters. The summed E-state index contributed by atoms with van der Waals surface area (Å²) in [5, 5.41) is 11.5. The molecular formula is C12H23N3O3. The Morgan fingerprint density at radius 2 is 2.22 bits per heavy atom. The number of nitrogens with one attached hydrogen (secondary N) is 1. The average molecular weight is 257 g/mol. The van der Waals surface area contributed by atoms with Crippen molar-refractivity contribution in [1.82, 2.24) is 15.1 Å². The number of amides is 2. The molecule has 1 aliphatic rings. The fraction of sp³-hybridized carbons (Fsp3) is 0.833. The first-order valence-electron chi connectivity index (χ1n) is 6.49. The van der Waals surface area contributed by atoms with Crippen molar-refractivity contribution in [3.05, 3.63) is 0 Å². The Balaban J connectivity index is 2.30. The Labute approximate surface area is 108 Å². The molecule has 104 valence electrons. The van der Waals surface area contributed by atoms with Crippen LogP contribution < -0.4 is 5.32 Å². The van der Waals surface area contributed by atoms with Crippen molar-refractivity contribution in [2.45, 2.75) is 32.2 Å². The fourth-order valence-corrected chi connectivity index (χ4v) is 2.19. The van der Waals surface area contributed by atoms with Crippen LogP contribution in [0.25, 0.3) is 0 Å². The standard InChI is InChI=1S/C12H23N3O3/c1-3-15(8-6-11(16)17)12(18)13-9-10-5-4-7-14(10)2/h10H,3-9H2,1-2H3,(H,13,18)(H,16,17). The van der Waals surface area contributed by atoms with E-state index in [1.807, 2.05) is 6.92 Å². The Hall–Kier alpha value is -1.30. The van der Waals surface area contributed by atoms with Crippen LogP contribution in [-0.4, -0.2) is 66.2 Å². The van der Waals surface area contributed by atoms with E-state index in [1.165, 1.54) is 11.3 Å². The zero-order valence-electron chi connectivity index (χ0n) is 11.2. The predicted octanol–water partition coefficient (Wildman–Crippen LogP) is 0.587. The van der Waals surface area contributed by atoms with Gasteiger partial charge in [0, 0.05) is 25.7 Å². The van der Waals surface area contributed by atoms with E-state index >= 15 is 0 Å². The molecule has 6 nitrogen and oxygen atoms in total. The normalized spacial score (nSPS) is 19.8. The molecule has 0 radical (unpaired) electrons. The van der Waals surface area contributed by atoms with E-state index in [-0.39, 0.29) is 19.0 Å². The number of likely N-dealkylation sites (N-methyl/N-ethyl adjacent to an activating group) is 1. The smallest absolute Gasteiger partial charge is 0.317 e. The molecule has 1 saturated heterocycles. The second-order valence-corrected chi connectivity index (χ2v) is 4.69. The van der Waals surface area contributed by atoms with Gasteiger partial charge in [-0.05, 0) is 33.4 Å². The highest BCUT2D eigenvalue weighted by Crippen LogP contribution is 2.13. The van der Waals surface area contributed by atoms with Gasteiger partial charge < -0.3 is 20.2 Å². The minimum Gasteiger partial charge on any atom is -0.481 e. The Morgan fingerprint density at radius 1 is 1.50 bits per heavy atom. The fourth-order valence-electron chi connectivity index (χ4n) is 2.19. The highest BCUT2D eigenvalue weighted by Gasteiger charge is 2.22. The SMILES string of the molecule is CCN(CCC(=O)O)C(=O)NCC1CCCN1C. The lowest BCUT2D eigenvalue weighted by atomic mass is 10.2. The highest BCUT2D eigenvalue weighted by molar-refractivity contribution is 5.75. The van der Waals surface area contributed by atoms with Crippen LogP contribution in [-0.2, 0) is 4.79 Å². The van der Waals surface area contributed by atoms with Crippen LogP contribution in [0.4, 0.5) is 4.79 Å². The second-order valence-electron chi connectivity index (χ2n) is 4.69. The van der Waals surface area contributed by atoms with Gasteiger partial charge in [0.05, 0.1) is 6.42 Å². The average Bonchev–Trinajstić information content (AvgIpc) is 2.72. The molecule has 1 heterocycles. The summed E-state index contributed by atoms with van der Waals surface area (Å²) >= 11 is 0. The Morgan fingerprint density at radius 3 is 2.72 bits per heavy atom. The summed E-state index contributed by atoms with van der Waals surface area (Å²) in [6.45, 7) is 4.36. The third-order valence-electron chi connectivity index (χ3n) is 3.42. The van der Waals surface area contributed by atoms with Gasteiger partial charge in [0.15, 0.2) is 0 Å². The van der Waals surface area contributed by atoms with Gasteiger partial charge >= 0.3 is 12.0 Å². The Bertz CT molecular complexity index is 296. The van der Waals surface area contributed by atoms with Crippen molar-refractivity contribution in [3.63, 3.8) is 0 Å². The van der Waals surface area contributed by atoms with Crippen molar-refractivity contribution in [2.24, 2.45) is 0 Å². The summed E-state index contributed by atoms with van der Waals surface area (Å²) in [4.78, 5) is 26.1. The van der Waals surface area contributed by atoms with Gasteiger partial charge in [0.1, 0.15) is 0 Å². The number of carboxylic acid groups (broad SMARTS) is 1. The van der Waals surface area contributed by atoms with Crippen LogP contribution in [0.5, 0.6) is 0 Å². The molecular weight excluding hydrogens is 234 g/mol. The minimum absolute atomic E-state index is 0.00933. The van der Waals surface area contributed by atoms with Crippen LogP contribution in [0.3, 0.4) is 0 Å². The lowest BCUT2D eigenvalue weighted by Crippen LogP contribution is -2.45. The van der Waals surface area contributed by atoms with E-state index in [0.29, 0.717) is 19.1 Å². The third kappa shape index (κ3) is 4.52. The van der Waals surface area contributed by atoms with Gasteiger partial charge in [0.2, 0.25) is 0 Å². The molecule has 0 saturated carbocycles. The molecule has 0 bridgehead atoms. The van der Waals surface area contributed by atoms with Crippen molar-refractivity contribution >= 4 is 12.0 Å². The number of likely N-dealkylation sites (tertiary alicyclic amines) is 1. The lowest BCUT2D eigenvalue weighted by Gasteiger charge is -2.24. The zero-order chi connectivity index (χ0) is 13.5. The molecule has 1 aliphatic heterocycles. The topological polar surface area (TPSA) is 72.9 Å². The largest absolute Gasteiger partial charge is 0.481 e. The number of carbonyl (C=O) groups excluding carboxylic acids is 1. The monoisotopic (exact) mass is 257 g/mol. The van der Waals surface area contributed by atoms with E-state index in [0.717, 1.165) is 13.0 Å². The van der Waals surface area contributed by atoms with E-state index in [2.05, 4.69) is 17.3 Å². The van der Waals surface area contributed by atoms with Crippen LogP contribution >= 0.6 is 0 Å². The number of hydrogen-bond donors (Lipinski definition) is 2. The van der Waals surface area contributed by atoms with Crippen molar-refractivity contribution in [2.75, 3.05) is 33.2 Å². The molecule has 0 aromatic heterocycles. The Kier molecular flexibility index (Phi) is 5.91. The van der Waals surface area contributed by atoms with Crippen molar-refractivity contribution < 1.29 is 14.7 Å². The number of carboxylic acids is 1. The molecule has 6 heteroatoms. The van der Waals surface area contributed by atoms with Crippen molar-refractivity contribution in [1.29, 1.82) is 0 Å². The summed E-state index contributed by atoms with van der Waals surface area (Å²) in [6, 6.07) is 0.242.